The maximum Gasteiger partial charge on any atom is 0.0141 e. The predicted molar refractivity (Wildman–Crippen MR) is 81.4 cm³/mol. The first-order valence-corrected chi connectivity index (χ1v) is 7.68. The molecule has 1 aromatic carbocycles. The molecule has 2 aliphatic carbocycles. The lowest BCUT2D eigenvalue weighted by Gasteiger charge is -2.18. The molecule has 0 spiro atoms. The Morgan fingerprint density at radius 2 is 2.21 bits per heavy atom. The minimum Gasteiger partial charge on any atom is -0.314 e. The summed E-state index contributed by atoms with van der Waals surface area (Å²) in [6, 6.07) is 9.70. The molecule has 0 aromatic heterocycles. The second kappa shape index (κ2) is 5.13. The number of benzene rings is 1. The van der Waals surface area contributed by atoms with Crippen molar-refractivity contribution >= 4 is 0 Å². The third-order valence-corrected chi connectivity index (χ3v) is 4.89. The van der Waals surface area contributed by atoms with Crippen molar-refractivity contribution in [2.75, 3.05) is 6.54 Å². The van der Waals surface area contributed by atoms with Crippen LogP contribution in [0, 0.1) is 11.8 Å². The van der Waals surface area contributed by atoms with E-state index in [0.717, 1.165) is 30.7 Å². The highest BCUT2D eigenvalue weighted by Crippen LogP contribution is 2.61. The molecule has 1 nitrogen and oxygen atoms in total. The predicted octanol–water partition coefficient (Wildman–Crippen LogP) is 3.91. The fourth-order valence-electron chi connectivity index (χ4n) is 4.15. The van der Waals surface area contributed by atoms with Gasteiger partial charge in [-0.3, -0.25) is 0 Å². The highest BCUT2D eigenvalue weighted by atomic mass is 14.9. The van der Waals surface area contributed by atoms with Crippen LogP contribution in [0.3, 0.4) is 0 Å². The number of nitrogens with one attached hydrogen (secondary N) is 1. The first-order valence-electron chi connectivity index (χ1n) is 7.68. The molecule has 0 aliphatic heterocycles. The van der Waals surface area contributed by atoms with E-state index in [1.54, 1.807) is 11.1 Å². The summed E-state index contributed by atoms with van der Waals surface area (Å²) in [4.78, 5) is 0. The number of fused-ring (bicyclic) bond motifs is 3. The Bertz CT molecular complexity index is 476. The van der Waals surface area contributed by atoms with Gasteiger partial charge < -0.3 is 5.32 Å². The van der Waals surface area contributed by atoms with Gasteiger partial charge in [0.1, 0.15) is 0 Å². The summed E-state index contributed by atoms with van der Waals surface area (Å²) < 4.78 is 0. The summed E-state index contributed by atoms with van der Waals surface area (Å²) in [6.45, 7) is 9.54. The van der Waals surface area contributed by atoms with Gasteiger partial charge in [-0.25, -0.2) is 0 Å². The van der Waals surface area contributed by atoms with Crippen LogP contribution in [0.4, 0.5) is 0 Å². The van der Waals surface area contributed by atoms with Gasteiger partial charge in [0, 0.05) is 6.04 Å². The smallest absolute Gasteiger partial charge is 0.0141 e. The Morgan fingerprint density at radius 1 is 1.42 bits per heavy atom. The molecular formula is C18H25N. The van der Waals surface area contributed by atoms with Crippen molar-refractivity contribution in [3.05, 3.63) is 47.5 Å². The van der Waals surface area contributed by atoms with Crippen molar-refractivity contribution < 1.29 is 0 Å². The average molecular weight is 255 g/mol. The Labute approximate surface area is 117 Å². The Balaban J connectivity index is 1.80. The summed E-state index contributed by atoms with van der Waals surface area (Å²) in [5.41, 5.74) is 4.54. The molecule has 4 atom stereocenters. The molecular weight excluding hydrogens is 230 g/mol. The minimum atomic E-state index is 0.628. The molecule has 4 unspecified atom stereocenters. The number of aryl methyl sites for hydroxylation is 1. The van der Waals surface area contributed by atoms with E-state index in [4.69, 9.17) is 0 Å². The van der Waals surface area contributed by atoms with Crippen LogP contribution in [0.15, 0.2) is 36.4 Å². The monoisotopic (exact) mass is 255 g/mol. The molecule has 1 aromatic rings. The van der Waals surface area contributed by atoms with Crippen molar-refractivity contribution in [2.45, 2.75) is 45.1 Å². The van der Waals surface area contributed by atoms with Gasteiger partial charge in [-0.2, -0.15) is 0 Å². The molecule has 1 saturated carbocycles. The maximum atomic E-state index is 4.11. The van der Waals surface area contributed by atoms with Crippen molar-refractivity contribution in [1.29, 1.82) is 0 Å². The van der Waals surface area contributed by atoms with Crippen molar-refractivity contribution in [1.82, 2.24) is 5.32 Å². The zero-order valence-corrected chi connectivity index (χ0v) is 12.2. The minimum absolute atomic E-state index is 0.628. The van der Waals surface area contributed by atoms with Crippen LogP contribution in [-0.4, -0.2) is 12.6 Å². The fraction of sp³-hybridized carbons (Fsp3) is 0.556. The fourth-order valence-corrected chi connectivity index (χ4v) is 4.15. The molecule has 1 heteroatoms. The molecule has 0 radical (unpaired) electrons. The molecule has 1 N–H and O–H groups in total. The third kappa shape index (κ3) is 2.36. The largest absolute Gasteiger partial charge is 0.314 e. The second-order valence-electron chi connectivity index (χ2n) is 6.33. The lowest BCUT2D eigenvalue weighted by Crippen LogP contribution is -2.32. The van der Waals surface area contributed by atoms with E-state index < -0.39 is 0 Å². The number of rotatable bonds is 5. The normalized spacial score (nSPS) is 29.3. The molecule has 19 heavy (non-hydrogen) atoms. The van der Waals surface area contributed by atoms with Gasteiger partial charge in [-0.1, -0.05) is 36.8 Å². The topological polar surface area (TPSA) is 12.0 Å². The van der Waals surface area contributed by atoms with Crippen LogP contribution in [0.1, 0.15) is 43.7 Å². The second-order valence-corrected chi connectivity index (χ2v) is 6.33. The zero-order valence-electron chi connectivity index (χ0n) is 12.2. The van der Waals surface area contributed by atoms with Crippen LogP contribution in [-0.2, 0) is 6.42 Å². The van der Waals surface area contributed by atoms with Gasteiger partial charge in [-0.05, 0) is 61.6 Å². The molecule has 3 rings (SSSR count). The van der Waals surface area contributed by atoms with Gasteiger partial charge >= 0.3 is 0 Å². The maximum absolute atomic E-state index is 4.11. The summed E-state index contributed by atoms with van der Waals surface area (Å²) in [5, 5.41) is 3.70. The van der Waals surface area contributed by atoms with Gasteiger partial charge in [0.05, 0.1) is 0 Å². The van der Waals surface area contributed by atoms with E-state index >= 15 is 0 Å². The van der Waals surface area contributed by atoms with Crippen LogP contribution >= 0.6 is 0 Å². The highest BCUT2D eigenvalue weighted by molar-refractivity contribution is 5.40. The van der Waals surface area contributed by atoms with Crippen molar-refractivity contribution in [2.24, 2.45) is 11.8 Å². The van der Waals surface area contributed by atoms with Gasteiger partial charge in [0.2, 0.25) is 0 Å². The molecule has 0 heterocycles. The SMILES string of the molecule is C=C(C)CC(NCC)C1C2CCc3ccccc3C21. The average Bonchev–Trinajstić information content (AvgIpc) is 3.12. The summed E-state index contributed by atoms with van der Waals surface area (Å²) in [5.74, 6) is 2.56. The van der Waals surface area contributed by atoms with Gasteiger partial charge in [-0.15, -0.1) is 6.58 Å². The van der Waals surface area contributed by atoms with Crippen molar-refractivity contribution in [3.63, 3.8) is 0 Å². The first-order chi connectivity index (χ1) is 9.22. The molecule has 2 aliphatic rings. The zero-order chi connectivity index (χ0) is 13.4. The third-order valence-electron chi connectivity index (χ3n) is 4.89. The lowest BCUT2D eigenvalue weighted by molar-refractivity contribution is 0.441. The van der Waals surface area contributed by atoms with E-state index in [9.17, 15) is 0 Å². The highest BCUT2D eigenvalue weighted by Gasteiger charge is 2.55. The van der Waals surface area contributed by atoms with E-state index in [-0.39, 0.29) is 0 Å². The lowest BCUT2D eigenvalue weighted by atomic mass is 9.92. The molecule has 102 valence electrons. The van der Waals surface area contributed by atoms with E-state index in [2.05, 4.69) is 50.0 Å². The quantitative estimate of drug-likeness (QED) is 0.787. The van der Waals surface area contributed by atoms with Crippen LogP contribution in [0.25, 0.3) is 0 Å². The molecule has 1 fully saturated rings. The van der Waals surface area contributed by atoms with Crippen molar-refractivity contribution in [3.8, 4) is 0 Å². The Morgan fingerprint density at radius 3 is 2.95 bits per heavy atom. The van der Waals surface area contributed by atoms with Crippen LogP contribution in [0.5, 0.6) is 0 Å². The Kier molecular flexibility index (Phi) is 3.49. The van der Waals surface area contributed by atoms with E-state index in [0.29, 0.717) is 6.04 Å². The summed E-state index contributed by atoms with van der Waals surface area (Å²) >= 11 is 0. The number of hydrogen-bond acceptors (Lipinski definition) is 1. The van der Waals surface area contributed by atoms with Gasteiger partial charge in [0.25, 0.3) is 0 Å². The number of hydrogen-bond donors (Lipinski definition) is 1. The van der Waals surface area contributed by atoms with Crippen LogP contribution < -0.4 is 5.32 Å². The summed E-state index contributed by atoms with van der Waals surface area (Å²) in [7, 11) is 0. The van der Waals surface area contributed by atoms with Gasteiger partial charge in [0.15, 0.2) is 0 Å². The summed E-state index contributed by atoms with van der Waals surface area (Å²) in [6.07, 6.45) is 3.79. The molecule has 0 bridgehead atoms. The van der Waals surface area contributed by atoms with E-state index in [1.807, 2.05) is 0 Å². The van der Waals surface area contributed by atoms with Crippen LogP contribution in [0.2, 0.25) is 0 Å². The van der Waals surface area contributed by atoms with E-state index in [1.165, 1.54) is 18.4 Å². The Hall–Kier alpha value is -1.08. The first kappa shape index (κ1) is 12.9. The standard InChI is InChI=1S/C18H25N/c1-4-19-16(11-12(2)3)18-15-10-9-13-7-5-6-8-14(13)17(15)18/h5-8,15-19H,2,4,9-11H2,1,3H3. The molecule has 0 saturated heterocycles. The molecule has 0 amide bonds.